The van der Waals surface area contributed by atoms with Crippen LogP contribution >= 0.6 is 0 Å². The summed E-state index contributed by atoms with van der Waals surface area (Å²) < 4.78 is 34.4. The zero-order valence-electron chi connectivity index (χ0n) is 13.8. The van der Waals surface area contributed by atoms with E-state index >= 15 is 0 Å². The van der Waals surface area contributed by atoms with Crippen LogP contribution in [0.3, 0.4) is 0 Å². The van der Waals surface area contributed by atoms with Crippen LogP contribution in [0.4, 0.5) is 4.79 Å². The van der Waals surface area contributed by atoms with Crippen molar-refractivity contribution < 1.29 is 22.7 Å². The molecule has 1 unspecified atom stereocenters. The van der Waals surface area contributed by atoms with Crippen LogP contribution in [-0.4, -0.2) is 28.3 Å². The number of ether oxygens (including phenoxy) is 2. The first kappa shape index (κ1) is 17.5. The Kier molecular flexibility index (Phi) is 4.84. The van der Waals surface area contributed by atoms with Gasteiger partial charge in [0.25, 0.3) is 0 Å². The normalized spacial score (nSPS) is 21.6. The third kappa shape index (κ3) is 3.75. The van der Waals surface area contributed by atoms with Gasteiger partial charge in [-0.1, -0.05) is 37.1 Å². The number of hydrogen-bond donors (Lipinski definition) is 0. The lowest BCUT2D eigenvalue weighted by Crippen LogP contribution is -2.41. The number of hydrogen-bond acceptors (Lipinski definition) is 5. The maximum atomic E-state index is 12.5. The first-order chi connectivity index (χ1) is 10.7. The Morgan fingerprint density at radius 3 is 2.43 bits per heavy atom. The number of carbonyl (C=O) groups excluding carboxylic acids is 1. The van der Waals surface area contributed by atoms with Gasteiger partial charge in [-0.25, -0.2) is 13.2 Å². The fourth-order valence-corrected chi connectivity index (χ4v) is 4.02. The number of benzene rings is 1. The van der Waals surface area contributed by atoms with E-state index in [4.69, 9.17) is 4.74 Å². The summed E-state index contributed by atoms with van der Waals surface area (Å²) in [4.78, 5) is 11.3. The molecular weight excluding hydrogens is 316 g/mol. The molecule has 0 saturated heterocycles. The molecule has 0 aliphatic heterocycles. The molecule has 0 bridgehead atoms. The standard InChI is InChI=1S/C17H22O5S/c1-12-5-7-15(8-6-12)23(19,20)11-14-9-13(17(14,2)3)10-22-16(18)21-4/h5-8,11,13H,9-10H2,1-4H3. The van der Waals surface area contributed by atoms with Gasteiger partial charge >= 0.3 is 6.16 Å². The van der Waals surface area contributed by atoms with E-state index in [0.717, 1.165) is 11.1 Å². The Morgan fingerprint density at radius 1 is 1.30 bits per heavy atom. The quantitative estimate of drug-likeness (QED) is 0.786. The van der Waals surface area contributed by atoms with Gasteiger partial charge in [-0.3, -0.25) is 0 Å². The summed E-state index contributed by atoms with van der Waals surface area (Å²) in [5, 5.41) is 1.35. The smallest absolute Gasteiger partial charge is 0.438 e. The van der Waals surface area contributed by atoms with E-state index in [0.29, 0.717) is 11.3 Å². The maximum Gasteiger partial charge on any atom is 0.507 e. The molecule has 6 heteroatoms. The molecule has 5 nitrogen and oxygen atoms in total. The van der Waals surface area contributed by atoms with Gasteiger partial charge in [-0.05, 0) is 30.9 Å². The van der Waals surface area contributed by atoms with Crippen LogP contribution in [0.1, 0.15) is 25.8 Å². The maximum absolute atomic E-state index is 12.5. The summed E-state index contributed by atoms with van der Waals surface area (Å²) in [6, 6.07) is 6.80. The number of carbonyl (C=O) groups is 1. The SMILES string of the molecule is COC(=O)OCC1CC(=CS(=O)(=O)c2ccc(C)cc2)C1(C)C. The molecule has 0 radical (unpaired) electrons. The van der Waals surface area contributed by atoms with Crippen molar-refractivity contribution in [3.05, 3.63) is 40.8 Å². The fraction of sp³-hybridized carbons (Fsp3) is 0.471. The van der Waals surface area contributed by atoms with Crippen molar-refractivity contribution in [3.8, 4) is 0 Å². The molecule has 1 aromatic carbocycles. The minimum absolute atomic E-state index is 0.0843. The Morgan fingerprint density at radius 2 is 1.91 bits per heavy atom. The van der Waals surface area contributed by atoms with Crippen LogP contribution in [0, 0.1) is 18.3 Å². The van der Waals surface area contributed by atoms with E-state index in [1.165, 1.54) is 12.5 Å². The van der Waals surface area contributed by atoms with Crippen molar-refractivity contribution in [1.82, 2.24) is 0 Å². The molecule has 1 fully saturated rings. The number of rotatable bonds is 4. The summed E-state index contributed by atoms with van der Waals surface area (Å²) in [7, 11) is -2.20. The molecule has 1 aliphatic carbocycles. The van der Waals surface area contributed by atoms with E-state index in [1.807, 2.05) is 20.8 Å². The molecule has 0 aromatic heterocycles. The lowest BCUT2D eigenvalue weighted by atomic mass is 9.59. The molecule has 126 valence electrons. The first-order valence-electron chi connectivity index (χ1n) is 7.40. The monoisotopic (exact) mass is 338 g/mol. The van der Waals surface area contributed by atoms with E-state index in [9.17, 15) is 13.2 Å². The molecule has 0 amide bonds. The van der Waals surface area contributed by atoms with Crippen molar-refractivity contribution in [3.63, 3.8) is 0 Å². The molecule has 0 spiro atoms. The topological polar surface area (TPSA) is 69.7 Å². The average Bonchev–Trinajstić information content (AvgIpc) is 2.50. The van der Waals surface area contributed by atoms with E-state index in [-0.39, 0.29) is 17.9 Å². The van der Waals surface area contributed by atoms with Gasteiger partial charge in [-0.2, -0.15) is 0 Å². The van der Waals surface area contributed by atoms with Crippen LogP contribution in [-0.2, 0) is 19.3 Å². The van der Waals surface area contributed by atoms with Gasteiger partial charge in [0.05, 0.1) is 18.6 Å². The van der Waals surface area contributed by atoms with Crippen molar-refractivity contribution in [2.75, 3.05) is 13.7 Å². The van der Waals surface area contributed by atoms with Gasteiger partial charge in [-0.15, -0.1) is 0 Å². The second-order valence-corrected chi connectivity index (χ2v) is 8.19. The minimum Gasteiger partial charge on any atom is -0.438 e. The van der Waals surface area contributed by atoms with Gasteiger partial charge in [0.1, 0.15) is 0 Å². The summed E-state index contributed by atoms with van der Waals surface area (Å²) >= 11 is 0. The Hall–Kier alpha value is -1.82. The number of allylic oxidation sites excluding steroid dienone is 1. The molecule has 1 aromatic rings. The number of aryl methyl sites for hydroxylation is 1. The van der Waals surface area contributed by atoms with Crippen LogP contribution in [0.5, 0.6) is 0 Å². The fourth-order valence-electron chi connectivity index (χ4n) is 2.59. The lowest BCUT2D eigenvalue weighted by molar-refractivity contribution is 0.0239. The Bertz CT molecular complexity index is 714. The summed E-state index contributed by atoms with van der Waals surface area (Å²) in [6.07, 6.45) is -0.125. The molecule has 23 heavy (non-hydrogen) atoms. The highest BCUT2D eigenvalue weighted by atomic mass is 32.2. The van der Waals surface area contributed by atoms with Crippen molar-refractivity contribution in [1.29, 1.82) is 0 Å². The summed E-state index contributed by atoms with van der Waals surface area (Å²) in [6.45, 7) is 6.05. The van der Waals surface area contributed by atoms with E-state index in [1.54, 1.807) is 24.3 Å². The molecule has 1 atom stereocenters. The van der Waals surface area contributed by atoms with Gasteiger partial charge < -0.3 is 9.47 Å². The highest BCUT2D eigenvalue weighted by molar-refractivity contribution is 7.94. The summed E-state index contributed by atoms with van der Waals surface area (Å²) in [5.74, 6) is 0.0843. The predicted molar refractivity (Wildman–Crippen MR) is 86.7 cm³/mol. The second kappa shape index (κ2) is 6.35. The Labute approximate surface area is 137 Å². The van der Waals surface area contributed by atoms with E-state index < -0.39 is 16.0 Å². The molecule has 1 saturated carbocycles. The van der Waals surface area contributed by atoms with Crippen LogP contribution in [0.25, 0.3) is 0 Å². The average molecular weight is 338 g/mol. The molecular formula is C17H22O5S. The minimum atomic E-state index is -3.46. The first-order valence-corrected chi connectivity index (χ1v) is 8.95. The molecule has 0 N–H and O–H groups in total. The molecule has 2 rings (SSSR count). The highest BCUT2D eigenvalue weighted by Crippen LogP contribution is 2.51. The third-order valence-corrected chi connectivity index (χ3v) is 6.05. The van der Waals surface area contributed by atoms with Crippen molar-refractivity contribution in [2.45, 2.75) is 32.1 Å². The van der Waals surface area contributed by atoms with Gasteiger partial charge in [0.2, 0.25) is 0 Å². The third-order valence-electron chi connectivity index (χ3n) is 4.53. The zero-order valence-corrected chi connectivity index (χ0v) is 14.6. The van der Waals surface area contributed by atoms with Crippen LogP contribution in [0.15, 0.2) is 40.1 Å². The zero-order chi connectivity index (χ0) is 17.3. The van der Waals surface area contributed by atoms with E-state index in [2.05, 4.69) is 4.74 Å². The van der Waals surface area contributed by atoms with Gasteiger partial charge in [0, 0.05) is 11.3 Å². The highest BCUT2D eigenvalue weighted by Gasteiger charge is 2.45. The van der Waals surface area contributed by atoms with Crippen LogP contribution < -0.4 is 0 Å². The van der Waals surface area contributed by atoms with Gasteiger partial charge in [0.15, 0.2) is 9.84 Å². The largest absolute Gasteiger partial charge is 0.507 e. The number of methoxy groups -OCH3 is 1. The molecule has 1 aliphatic rings. The van der Waals surface area contributed by atoms with Crippen LogP contribution in [0.2, 0.25) is 0 Å². The second-order valence-electron chi connectivity index (χ2n) is 6.39. The lowest BCUT2D eigenvalue weighted by Gasteiger charge is -2.46. The number of sulfone groups is 1. The van der Waals surface area contributed by atoms with Crippen molar-refractivity contribution in [2.24, 2.45) is 11.3 Å². The Balaban J connectivity index is 2.12. The molecule has 0 heterocycles. The summed E-state index contributed by atoms with van der Waals surface area (Å²) in [5.41, 5.74) is 1.53. The van der Waals surface area contributed by atoms with Crippen molar-refractivity contribution >= 4 is 16.0 Å². The predicted octanol–water partition coefficient (Wildman–Crippen LogP) is 3.48.